The second-order valence-corrected chi connectivity index (χ2v) is 2.82. The molecule has 0 spiro atoms. The van der Waals surface area contributed by atoms with E-state index in [-0.39, 0.29) is 5.57 Å². The lowest BCUT2D eigenvalue weighted by Crippen LogP contribution is -2.48. The van der Waals surface area contributed by atoms with Crippen LogP contribution in [0.4, 0.5) is 0 Å². The van der Waals surface area contributed by atoms with E-state index < -0.39 is 31.0 Å². The Morgan fingerprint density at radius 2 is 1.67 bits per heavy atom. The van der Waals surface area contributed by atoms with Gasteiger partial charge in [0.1, 0.15) is 24.4 Å². The molecule has 5 N–H and O–H groups in total. The molecular formula is C7H12O5. The van der Waals surface area contributed by atoms with E-state index in [1.54, 1.807) is 0 Å². The third kappa shape index (κ3) is 1.50. The Labute approximate surface area is 69.2 Å². The van der Waals surface area contributed by atoms with Gasteiger partial charge in [-0.1, -0.05) is 0 Å². The molecule has 1 aliphatic carbocycles. The molecule has 0 aliphatic heterocycles. The van der Waals surface area contributed by atoms with Crippen molar-refractivity contribution in [1.82, 2.24) is 0 Å². The van der Waals surface area contributed by atoms with Crippen molar-refractivity contribution < 1.29 is 25.5 Å². The lowest BCUT2D eigenvalue weighted by molar-refractivity contribution is -0.0948. The highest BCUT2D eigenvalue weighted by Crippen LogP contribution is 2.19. The molecule has 0 saturated heterocycles. The quantitative estimate of drug-likeness (QED) is 0.281. The fourth-order valence-electron chi connectivity index (χ4n) is 1.17. The van der Waals surface area contributed by atoms with Gasteiger partial charge in [-0.05, 0) is 11.6 Å². The molecule has 0 aromatic rings. The number of rotatable bonds is 1. The van der Waals surface area contributed by atoms with Crippen molar-refractivity contribution in [2.45, 2.75) is 24.4 Å². The molecule has 12 heavy (non-hydrogen) atoms. The zero-order chi connectivity index (χ0) is 9.30. The Hall–Kier alpha value is -0.460. The van der Waals surface area contributed by atoms with Gasteiger partial charge < -0.3 is 25.5 Å². The number of aliphatic hydroxyl groups is 5. The van der Waals surface area contributed by atoms with Crippen molar-refractivity contribution in [3.63, 3.8) is 0 Å². The molecule has 0 amide bonds. The van der Waals surface area contributed by atoms with E-state index in [1.807, 2.05) is 0 Å². The maximum Gasteiger partial charge on any atom is 0.112 e. The topological polar surface area (TPSA) is 101 Å². The van der Waals surface area contributed by atoms with Crippen LogP contribution in [-0.4, -0.2) is 56.6 Å². The molecule has 0 aromatic heterocycles. The standard InChI is InChI=1S/C7H12O5/c8-2-3-1-4(9)6(11)7(12)5(3)10/h1,4-12H,2H2/t4-,5-,6+,7+/m0/s1. The van der Waals surface area contributed by atoms with Gasteiger partial charge in [-0.15, -0.1) is 0 Å². The molecule has 0 heterocycles. The predicted molar refractivity (Wildman–Crippen MR) is 39.2 cm³/mol. The molecule has 0 aromatic carbocycles. The first kappa shape index (κ1) is 9.63. The second-order valence-electron chi connectivity index (χ2n) is 2.82. The maximum atomic E-state index is 9.18. The van der Waals surface area contributed by atoms with Gasteiger partial charge in [0.15, 0.2) is 0 Å². The van der Waals surface area contributed by atoms with Crippen LogP contribution in [0.15, 0.2) is 11.6 Å². The number of hydrogen-bond donors (Lipinski definition) is 5. The third-order valence-electron chi connectivity index (χ3n) is 1.97. The van der Waals surface area contributed by atoms with Crippen molar-refractivity contribution in [2.75, 3.05) is 6.61 Å². The first-order valence-corrected chi connectivity index (χ1v) is 3.61. The molecule has 4 atom stereocenters. The average Bonchev–Trinajstić information content (AvgIpc) is 2.08. The van der Waals surface area contributed by atoms with Crippen molar-refractivity contribution in [3.8, 4) is 0 Å². The van der Waals surface area contributed by atoms with Crippen LogP contribution in [0.2, 0.25) is 0 Å². The van der Waals surface area contributed by atoms with Crippen molar-refractivity contribution in [2.24, 2.45) is 0 Å². The van der Waals surface area contributed by atoms with Crippen molar-refractivity contribution >= 4 is 0 Å². The summed E-state index contributed by atoms with van der Waals surface area (Å²) in [6.07, 6.45) is -4.22. The first-order valence-electron chi connectivity index (χ1n) is 3.61. The smallest absolute Gasteiger partial charge is 0.112 e. The van der Waals surface area contributed by atoms with E-state index >= 15 is 0 Å². The van der Waals surface area contributed by atoms with Crippen LogP contribution < -0.4 is 0 Å². The van der Waals surface area contributed by atoms with Crippen LogP contribution in [0.5, 0.6) is 0 Å². The molecule has 0 unspecified atom stereocenters. The minimum Gasteiger partial charge on any atom is -0.392 e. The van der Waals surface area contributed by atoms with Crippen LogP contribution in [0.1, 0.15) is 0 Å². The van der Waals surface area contributed by atoms with E-state index in [1.165, 1.54) is 0 Å². The zero-order valence-electron chi connectivity index (χ0n) is 6.33. The summed E-state index contributed by atoms with van der Waals surface area (Å²) in [7, 11) is 0. The fraction of sp³-hybridized carbons (Fsp3) is 0.714. The number of aliphatic hydroxyl groups excluding tert-OH is 5. The van der Waals surface area contributed by atoms with E-state index in [9.17, 15) is 5.11 Å². The Morgan fingerprint density at radius 3 is 2.17 bits per heavy atom. The highest BCUT2D eigenvalue weighted by molar-refractivity contribution is 5.19. The van der Waals surface area contributed by atoms with Crippen LogP contribution in [0.3, 0.4) is 0 Å². The van der Waals surface area contributed by atoms with Crippen LogP contribution in [0.25, 0.3) is 0 Å². The van der Waals surface area contributed by atoms with Gasteiger partial charge in [-0.3, -0.25) is 0 Å². The summed E-state index contributed by atoms with van der Waals surface area (Å²) in [5, 5.41) is 45.0. The highest BCUT2D eigenvalue weighted by atomic mass is 16.4. The predicted octanol–water partition coefficient (Wildman–Crippen LogP) is -2.64. The maximum absolute atomic E-state index is 9.18. The molecule has 70 valence electrons. The normalized spacial score (nSPS) is 42.6. The van der Waals surface area contributed by atoms with Gasteiger partial charge in [0.2, 0.25) is 0 Å². The molecule has 0 saturated carbocycles. The van der Waals surface area contributed by atoms with E-state index in [2.05, 4.69) is 0 Å². The second kappa shape index (κ2) is 3.51. The molecule has 1 rings (SSSR count). The lowest BCUT2D eigenvalue weighted by atomic mass is 9.90. The molecule has 5 heteroatoms. The Morgan fingerprint density at radius 1 is 1.08 bits per heavy atom. The van der Waals surface area contributed by atoms with E-state index in [0.29, 0.717) is 0 Å². The van der Waals surface area contributed by atoms with Crippen molar-refractivity contribution in [1.29, 1.82) is 0 Å². The van der Waals surface area contributed by atoms with E-state index in [4.69, 9.17) is 20.4 Å². The molecule has 0 radical (unpaired) electrons. The van der Waals surface area contributed by atoms with Gasteiger partial charge in [0, 0.05) is 0 Å². The Bertz CT molecular complexity index is 190. The summed E-state index contributed by atoms with van der Waals surface area (Å²) in [5.41, 5.74) is 0.125. The fourth-order valence-corrected chi connectivity index (χ4v) is 1.17. The minimum absolute atomic E-state index is 0.125. The SMILES string of the molecule is OCC1=C[C@H](O)[C@@H](O)[C@H](O)[C@H]1O. The van der Waals surface area contributed by atoms with Crippen LogP contribution in [0, 0.1) is 0 Å². The van der Waals surface area contributed by atoms with Crippen molar-refractivity contribution in [3.05, 3.63) is 11.6 Å². The summed E-state index contributed by atoms with van der Waals surface area (Å²) >= 11 is 0. The summed E-state index contributed by atoms with van der Waals surface area (Å²) < 4.78 is 0. The summed E-state index contributed by atoms with van der Waals surface area (Å²) in [4.78, 5) is 0. The summed E-state index contributed by atoms with van der Waals surface area (Å²) in [6, 6.07) is 0. The average molecular weight is 176 g/mol. The first-order chi connectivity index (χ1) is 5.57. The Balaban J connectivity index is 2.84. The molecule has 0 fully saturated rings. The molecule has 0 bridgehead atoms. The summed E-state index contributed by atoms with van der Waals surface area (Å²) in [6.45, 7) is -0.442. The third-order valence-corrected chi connectivity index (χ3v) is 1.97. The minimum atomic E-state index is -1.44. The monoisotopic (exact) mass is 176 g/mol. The van der Waals surface area contributed by atoms with Gasteiger partial charge in [-0.2, -0.15) is 0 Å². The van der Waals surface area contributed by atoms with Crippen LogP contribution in [-0.2, 0) is 0 Å². The zero-order valence-corrected chi connectivity index (χ0v) is 6.33. The van der Waals surface area contributed by atoms with Gasteiger partial charge in [-0.25, -0.2) is 0 Å². The summed E-state index contributed by atoms with van der Waals surface area (Å²) in [5.74, 6) is 0. The number of hydrogen-bond acceptors (Lipinski definition) is 5. The molecule has 5 nitrogen and oxygen atoms in total. The largest absolute Gasteiger partial charge is 0.392 e. The van der Waals surface area contributed by atoms with Gasteiger partial charge >= 0.3 is 0 Å². The van der Waals surface area contributed by atoms with E-state index in [0.717, 1.165) is 6.08 Å². The highest BCUT2D eigenvalue weighted by Gasteiger charge is 2.35. The Kier molecular flexibility index (Phi) is 2.81. The molecule has 1 aliphatic rings. The lowest BCUT2D eigenvalue weighted by Gasteiger charge is -2.31. The van der Waals surface area contributed by atoms with Gasteiger partial charge in [0.05, 0.1) is 6.61 Å². The molecular weight excluding hydrogens is 164 g/mol. The van der Waals surface area contributed by atoms with Crippen LogP contribution >= 0.6 is 0 Å². The van der Waals surface area contributed by atoms with Gasteiger partial charge in [0.25, 0.3) is 0 Å².